The van der Waals surface area contributed by atoms with Gasteiger partial charge >= 0.3 is 12.7 Å². The van der Waals surface area contributed by atoms with Crippen LogP contribution in [0.15, 0.2) is 98.4 Å². The Morgan fingerprint density at radius 3 is 2.21 bits per heavy atom. The Labute approximate surface area is 238 Å². The van der Waals surface area contributed by atoms with Crippen LogP contribution in [0.3, 0.4) is 0 Å². The zero-order chi connectivity index (χ0) is 30.3. The zero-order valence-corrected chi connectivity index (χ0v) is 22.3. The van der Waals surface area contributed by atoms with Gasteiger partial charge in [0.15, 0.2) is 5.75 Å². The van der Waals surface area contributed by atoms with Crippen molar-refractivity contribution in [3.63, 3.8) is 0 Å². The summed E-state index contributed by atoms with van der Waals surface area (Å²) >= 11 is 1.20. The highest BCUT2D eigenvalue weighted by atomic mass is 32.1. The normalized spacial score (nSPS) is 13.3. The third kappa shape index (κ3) is 8.54. The standard InChI is InChI=1S/C27H20F6N6O2S/c1-17-15-42-25(39(17)22-4-2-3-5-23(22)41-27(31,32)33)38-37-14-18-6-8-19(9-7-18)24(34)36-16-35-20-10-12-21(13-11-20)40-26(28,29)30/h2-16H,1H3,(H2,34,35,36)/b37-14+,38-25-. The van der Waals surface area contributed by atoms with E-state index in [1.807, 2.05) is 0 Å². The molecule has 0 amide bonds. The average molecular weight is 607 g/mol. The minimum Gasteiger partial charge on any atom is -0.406 e. The van der Waals surface area contributed by atoms with E-state index in [1.54, 1.807) is 42.6 Å². The summed E-state index contributed by atoms with van der Waals surface area (Å²) < 4.78 is 84.9. The molecule has 0 saturated carbocycles. The van der Waals surface area contributed by atoms with E-state index < -0.39 is 12.7 Å². The van der Waals surface area contributed by atoms with Gasteiger partial charge in [-0.05, 0) is 48.9 Å². The van der Waals surface area contributed by atoms with Gasteiger partial charge in [-0.1, -0.05) is 36.4 Å². The number of hydrogen-bond donors (Lipinski definition) is 1. The van der Waals surface area contributed by atoms with Gasteiger partial charge in [-0.2, -0.15) is 5.10 Å². The van der Waals surface area contributed by atoms with Gasteiger partial charge in [0.1, 0.15) is 17.9 Å². The highest BCUT2D eigenvalue weighted by molar-refractivity contribution is 7.07. The lowest BCUT2D eigenvalue weighted by Gasteiger charge is -2.14. The second-order valence-electron chi connectivity index (χ2n) is 8.28. The number of rotatable bonds is 8. The first-order chi connectivity index (χ1) is 19.9. The Morgan fingerprint density at radius 2 is 1.55 bits per heavy atom. The molecule has 0 saturated heterocycles. The summed E-state index contributed by atoms with van der Waals surface area (Å²) in [4.78, 5) is 8.38. The lowest BCUT2D eigenvalue weighted by molar-refractivity contribution is -0.275. The molecular weight excluding hydrogens is 586 g/mol. The Kier molecular flexibility index (Phi) is 9.10. The van der Waals surface area contributed by atoms with Gasteiger partial charge in [-0.25, -0.2) is 9.98 Å². The molecule has 0 aliphatic heterocycles. The predicted octanol–water partition coefficient (Wildman–Crippen LogP) is 6.64. The van der Waals surface area contributed by atoms with Crippen LogP contribution in [-0.2, 0) is 0 Å². The predicted molar refractivity (Wildman–Crippen MR) is 147 cm³/mol. The quantitative estimate of drug-likeness (QED) is 0.105. The molecule has 0 bridgehead atoms. The number of benzene rings is 3. The molecule has 0 atom stereocenters. The molecule has 2 N–H and O–H groups in total. The second-order valence-corrected chi connectivity index (χ2v) is 9.11. The molecule has 0 radical (unpaired) electrons. The summed E-state index contributed by atoms with van der Waals surface area (Å²) in [7, 11) is 0. The highest BCUT2D eigenvalue weighted by Crippen LogP contribution is 2.29. The van der Waals surface area contributed by atoms with E-state index in [0.717, 1.165) is 12.1 Å². The number of aromatic nitrogens is 1. The Balaban J connectivity index is 1.44. The number of aryl methyl sites for hydroxylation is 1. The van der Waals surface area contributed by atoms with Crippen molar-refractivity contribution in [1.29, 1.82) is 0 Å². The van der Waals surface area contributed by atoms with E-state index in [0.29, 0.717) is 27.3 Å². The maximum Gasteiger partial charge on any atom is 0.573 e. The van der Waals surface area contributed by atoms with Crippen LogP contribution in [0.2, 0.25) is 0 Å². The van der Waals surface area contributed by atoms with E-state index >= 15 is 0 Å². The van der Waals surface area contributed by atoms with Crippen LogP contribution in [0, 0.1) is 6.92 Å². The van der Waals surface area contributed by atoms with E-state index in [9.17, 15) is 26.3 Å². The highest BCUT2D eigenvalue weighted by Gasteiger charge is 2.32. The number of hydrogen-bond acceptors (Lipinski definition) is 6. The largest absolute Gasteiger partial charge is 0.573 e. The molecule has 4 aromatic rings. The van der Waals surface area contributed by atoms with Crippen LogP contribution < -0.4 is 20.0 Å². The lowest BCUT2D eigenvalue weighted by Crippen LogP contribution is -2.20. The number of ether oxygens (including phenoxy) is 2. The molecule has 8 nitrogen and oxygen atoms in total. The summed E-state index contributed by atoms with van der Waals surface area (Å²) in [5.41, 5.74) is 8.36. The molecule has 0 fully saturated rings. The van der Waals surface area contributed by atoms with Gasteiger partial charge in [0.05, 0.1) is 17.6 Å². The van der Waals surface area contributed by atoms with E-state index in [1.165, 1.54) is 58.8 Å². The number of para-hydroxylation sites is 2. The van der Waals surface area contributed by atoms with Crippen molar-refractivity contribution >= 4 is 35.4 Å². The van der Waals surface area contributed by atoms with Crippen molar-refractivity contribution in [2.75, 3.05) is 0 Å². The fraction of sp³-hybridized carbons (Fsp3) is 0.111. The van der Waals surface area contributed by atoms with E-state index in [4.69, 9.17) is 5.73 Å². The Morgan fingerprint density at radius 1 is 0.881 bits per heavy atom. The van der Waals surface area contributed by atoms with Crippen molar-refractivity contribution < 1.29 is 35.8 Å². The Bertz CT molecular complexity index is 1670. The summed E-state index contributed by atoms with van der Waals surface area (Å²) in [6.07, 6.45) is -7.01. The van der Waals surface area contributed by atoms with Crippen molar-refractivity contribution in [3.05, 3.63) is 99.8 Å². The molecule has 4 rings (SSSR count). The molecule has 0 spiro atoms. The minimum absolute atomic E-state index is 0.138. The summed E-state index contributed by atoms with van der Waals surface area (Å²) in [6.45, 7) is 1.72. The first kappa shape index (κ1) is 30.0. The molecule has 0 unspecified atom stereocenters. The molecule has 1 aromatic heterocycles. The first-order valence-corrected chi connectivity index (χ1v) is 12.7. The monoisotopic (exact) mass is 606 g/mol. The van der Waals surface area contributed by atoms with Crippen molar-refractivity contribution in [3.8, 4) is 17.2 Å². The number of thiazole rings is 1. The maximum atomic E-state index is 12.9. The van der Waals surface area contributed by atoms with E-state index in [-0.39, 0.29) is 23.0 Å². The minimum atomic E-state index is -4.85. The van der Waals surface area contributed by atoms with Gasteiger partial charge in [0.25, 0.3) is 0 Å². The third-order valence-corrected chi connectivity index (χ3v) is 6.18. The topological polar surface area (TPSA) is 98.9 Å². The molecule has 218 valence electrons. The van der Waals surface area contributed by atoms with Crippen molar-refractivity contribution in [1.82, 2.24) is 4.57 Å². The van der Waals surface area contributed by atoms with E-state index in [2.05, 4.69) is 29.7 Å². The molecular formula is C27H20F6N6O2S. The molecule has 1 heterocycles. The van der Waals surface area contributed by atoms with Gasteiger partial charge in [-0.3, -0.25) is 4.57 Å². The number of nitrogens with zero attached hydrogens (tertiary/aromatic N) is 5. The fourth-order valence-electron chi connectivity index (χ4n) is 3.46. The van der Waals surface area contributed by atoms with Crippen LogP contribution in [0.4, 0.5) is 32.0 Å². The fourth-order valence-corrected chi connectivity index (χ4v) is 4.28. The van der Waals surface area contributed by atoms with Gasteiger partial charge < -0.3 is 15.2 Å². The van der Waals surface area contributed by atoms with Crippen molar-refractivity contribution in [2.24, 2.45) is 25.9 Å². The number of amidine groups is 1. The molecule has 15 heteroatoms. The smallest absolute Gasteiger partial charge is 0.406 e. The maximum absolute atomic E-state index is 12.9. The molecule has 42 heavy (non-hydrogen) atoms. The average Bonchev–Trinajstić information content (AvgIpc) is 3.28. The molecule has 3 aromatic carbocycles. The molecule has 0 aliphatic carbocycles. The number of alkyl halides is 6. The van der Waals surface area contributed by atoms with Crippen LogP contribution >= 0.6 is 11.3 Å². The number of nitrogens with two attached hydrogens (primary N) is 1. The lowest BCUT2D eigenvalue weighted by atomic mass is 10.1. The summed E-state index contributed by atoms with van der Waals surface area (Å²) in [6, 6.07) is 17.4. The summed E-state index contributed by atoms with van der Waals surface area (Å²) in [5, 5.41) is 9.97. The SMILES string of the molecule is Cc1cs/c(=N\N=C\c2ccc(C(N)=NC=Nc3ccc(OC(F)(F)F)cc3)cc2)n1-c1ccccc1OC(F)(F)F. The summed E-state index contributed by atoms with van der Waals surface area (Å²) in [5.74, 6) is -0.601. The van der Waals surface area contributed by atoms with Crippen LogP contribution in [0.5, 0.6) is 11.5 Å². The zero-order valence-electron chi connectivity index (χ0n) is 21.5. The van der Waals surface area contributed by atoms with Crippen molar-refractivity contribution in [2.45, 2.75) is 19.6 Å². The van der Waals surface area contributed by atoms with Gasteiger partial charge in [-0.15, -0.1) is 42.8 Å². The van der Waals surface area contributed by atoms with Crippen LogP contribution in [-0.4, -0.2) is 35.7 Å². The third-order valence-electron chi connectivity index (χ3n) is 5.24. The number of aliphatic imine (C=N–C) groups is 2. The van der Waals surface area contributed by atoms with Gasteiger partial charge in [0, 0.05) is 16.6 Å². The molecule has 0 aliphatic rings. The first-order valence-electron chi connectivity index (χ1n) is 11.8. The van der Waals surface area contributed by atoms with Gasteiger partial charge in [0.2, 0.25) is 4.80 Å². The Hall–Kier alpha value is -4.92. The van der Waals surface area contributed by atoms with Crippen LogP contribution in [0.25, 0.3) is 5.69 Å². The van der Waals surface area contributed by atoms with Crippen LogP contribution in [0.1, 0.15) is 16.8 Å². The number of halogens is 6. The second kappa shape index (κ2) is 12.7.